The van der Waals surface area contributed by atoms with Crippen molar-refractivity contribution in [2.24, 2.45) is 5.92 Å². The Hall–Kier alpha value is -4.72. The standard InChI is InChI=1S/C32H29N7O2S/c1-2-17-42-32-38-27-10-6-24(37-31(40)22-3-9-28-29(18-22)35-16-15-34-28)19-26(27)30(39-32)36-23-4-7-25(8-5-23)41-20-21-11-13-33-14-12-21/h1,3-10,15-16,18-19,21,33H,11-14,17,20H2,(H,37,40)(H,36,38,39). The predicted molar refractivity (Wildman–Crippen MR) is 167 cm³/mol. The Morgan fingerprint density at radius 3 is 2.52 bits per heavy atom. The highest BCUT2D eigenvalue weighted by Gasteiger charge is 2.15. The average Bonchev–Trinajstić information content (AvgIpc) is 3.04. The van der Waals surface area contributed by atoms with E-state index < -0.39 is 0 Å². The predicted octanol–water partition coefficient (Wildman–Crippen LogP) is 5.67. The molecule has 0 bridgehead atoms. The molecule has 3 aromatic carbocycles. The first kappa shape index (κ1) is 27.4. The van der Waals surface area contributed by atoms with Gasteiger partial charge in [0.05, 0.1) is 28.9 Å². The van der Waals surface area contributed by atoms with Crippen LogP contribution >= 0.6 is 11.8 Å². The first-order valence-corrected chi connectivity index (χ1v) is 14.7. The number of amides is 1. The molecule has 1 aliphatic rings. The molecule has 2 aromatic heterocycles. The number of nitrogens with zero attached hydrogens (tertiary/aromatic N) is 4. The summed E-state index contributed by atoms with van der Waals surface area (Å²) in [7, 11) is 0. The number of nitrogens with one attached hydrogen (secondary N) is 3. The van der Waals surface area contributed by atoms with Crippen LogP contribution in [0.2, 0.25) is 0 Å². The zero-order chi connectivity index (χ0) is 28.7. The second-order valence-electron chi connectivity index (χ2n) is 9.95. The van der Waals surface area contributed by atoms with E-state index in [1.54, 1.807) is 30.6 Å². The van der Waals surface area contributed by atoms with E-state index in [4.69, 9.17) is 16.1 Å². The van der Waals surface area contributed by atoms with Gasteiger partial charge in [-0.15, -0.1) is 6.42 Å². The Labute approximate surface area is 247 Å². The van der Waals surface area contributed by atoms with Gasteiger partial charge < -0.3 is 20.7 Å². The molecule has 9 nitrogen and oxygen atoms in total. The van der Waals surface area contributed by atoms with Crippen LogP contribution in [0, 0.1) is 18.3 Å². The molecule has 0 spiro atoms. The summed E-state index contributed by atoms with van der Waals surface area (Å²) in [5.74, 6) is 4.86. The summed E-state index contributed by atoms with van der Waals surface area (Å²) in [6.07, 6.45) is 11.0. The van der Waals surface area contributed by atoms with Crippen LogP contribution in [0.4, 0.5) is 17.2 Å². The third kappa shape index (κ3) is 6.60. The largest absolute Gasteiger partial charge is 0.493 e. The molecule has 1 amide bonds. The summed E-state index contributed by atoms with van der Waals surface area (Å²) < 4.78 is 6.05. The maximum absolute atomic E-state index is 13.1. The van der Waals surface area contributed by atoms with Crippen molar-refractivity contribution >= 4 is 56.8 Å². The SMILES string of the molecule is C#CCSc1nc(Nc2ccc(OCC3CCNCC3)cc2)c2cc(NC(=O)c3ccc4nccnc4c3)ccc2n1. The number of fused-ring (bicyclic) bond motifs is 2. The van der Waals surface area contributed by atoms with Crippen LogP contribution < -0.4 is 20.7 Å². The normalized spacial score (nSPS) is 13.5. The molecule has 5 aromatic rings. The minimum atomic E-state index is -0.251. The number of aromatic nitrogens is 4. The molecule has 3 heterocycles. The fourth-order valence-corrected chi connectivity index (χ4v) is 5.32. The summed E-state index contributed by atoms with van der Waals surface area (Å²) in [6.45, 7) is 2.83. The maximum atomic E-state index is 13.1. The Kier molecular flexibility index (Phi) is 8.40. The van der Waals surface area contributed by atoms with E-state index in [2.05, 4.69) is 36.8 Å². The van der Waals surface area contributed by atoms with Crippen LogP contribution in [0.5, 0.6) is 5.75 Å². The van der Waals surface area contributed by atoms with Crippen molar-refractivity contribution in [2.45, 2.75) is 18.0 Å². The van der Waals surface area contributed by atoms with Gasteiger partial charge in [-0.05, 0) is 92.5 Å². The second-order valence-corrected chi connectivity index (χ2v) is 10.9. The average molecular weight is 576 g/mol. The molecule has 6 rings (SSSR count). The Bertz CT molecular complexity index is 1770. The number of rotatable bonds is 9. The van der Waals surface area contributed by atoms with Crippen molar-refractivity contribution in [3.8, 4) is 18.1 Å². The molecule has 0 saturated carbocycles. The van der Waals surface area contributed by atoms with Crippen molar-refractivity contribution in [1.29, 1.82) is 0 Å². The van der Waals surface area contributed by atoms with E-state index in [1.165, 1.54) is 11.8 Å². The van der Waals surface area contributed by atoms with Crippen LogP contribution in [0.3, 0.4) is 0 Å². The highest BCUT2D eigenvalue weighted by atomic mass is 32.2. The number of ether oxygens (including phenoxy) is 1. The fraction of sp³-hybridized carbons (Fsp3) is 0.219. The van der Waals surface area contributed by atoms with Crippen LogP contribution in [0.15, 0.2) is 78.2 Å². The molecule has 0 aliphatic carbocycles. The van der Waals surface area contributed by atoms with Gasteiger partial charge in [0.25, 0.3) is 5.91 Å². The first-order chi connectivity index (χ1) is 20.6. The molecular weight excluding hydrogens is 546 g/mol. The van der Waals surface area contributed by atoms with Crippen LogP contribution in [0.1, 0.15) is 23.2 Å². The number of anilines is 3. The maximum Gasteiger partial charge on any atom is 0.255 e. The third-order valence-electron chi connectivity index (χ3n) is 7.01. The third-order valence-corrected chi connectivity index (χ3v) is 7.76. The number of carbonyl (C=O) groups is 1. The lowest BCUT2D eigenvalue weighted by molar-refractivity contribution is 0.102. The summed E-state index contributed by atoms with van der Waals surface area (Å²) in [6, 6.07) is 18.6. The summed E-state index contributed by atoms with van der Waals surface area (Å²) >= 11 is 1.39. The van der Waals surface area contributed by atoms with Gasteiger partial charge in [0.1, 0.15) is 11.6 Å². The number of piperidine rings is 1. The number of terminal acetylenes is 1. The molecule has 1 aliphatic heterocycles. The molecule has 0 radical (unpaired) electrons. The topological polar surface area (TPSA) is 114 Å². The molecule has 0 atom stereocenters. The van der Waals surface area contributed by atoms with E-state index in [0.717, 1.165) is 60.4 Å². The van der Waals surface area contributed by atoms with Crippen molar-refractivity contribution in [3.63, 3.8) is 0 Å². The molecule has 0 unspecified atom stereocenters. The number of carbonyl (C=O) groups excluding carboxylic acids is 1. The van der Waals surface area contributed by atoms with E-state index in [9.17, 15) is 4.79 Å². The molecule has 3 N–H and O–H groups in total. The Balaban J connectivity index is 1.22. The number of thioether (sulfide) groups is 1. The van der Waals surface area contributed by atoms with E-state index in [0.29, 0.717) is 39.4 Å². The minimum absolute atomic E-state index is 0.251. The molecule has 1 saturated heterocycles. The Morgan fingerprint density at radius 1 is 0.952 bits per heavy atom. The van der Waals surface area contributed by atoms with Gasteiger partial charge >= 0.3 is 0 Å². The van der Waals surface area contributed by atoms with Gasteiger partial charge in [0, 0.05) is 34.7 Å². The van der Waals surface area contributed by atoms with E-state index >= 15 is 0 Å². The van der Waals surface area contributed by atoms with Gasteiger partial charge in [0.15, 0.2) is 5.16 Å². The molecular formula is C32H29N7O2S. The van der Waals surface area contributed by atoms with Crippen LogP contribution in [-0.2, 0) is 0 Å². The quantitative estimate of drug-likeness (QED) is 0.116. The fourth-order valence-electron chi connectivity index (χ4n) is 4.79. The number of hydrogen-bond acceptors (Lipinski definition) is 9. The Morgan fingerprint density at radius 2 is 1.71 bits per heavy atom. The lowest BCUT2D eigenvalue weighted by Gasteiger charge is -2.22. The van der Waals surface area contributed by atoms with Gasteiger partial charge in [-0.1, -0.05) is 17.7 Å². The number of hydrogen-bond donors (Lipinski definition) is 3. The van der Waals surface area contributed by atoms with Crippen LogP contribution in [-0.4, -0.2) is 51.3 Å². The number of benzene rings is 3. The van der Waals surface area contributed by atoms with Crippen molar-refractivity contribution in [1.82, 2.24) is 25.3 Å². The molecule has 1 fully saturated rings. The van der Waals surface area contributed by atoms with Gasteiger partial charge in [-0.3, -0.25) is 14.8 Å². The van der Waals surface area contributed by atoms with Gasteiger partial charge in [-0.2, -0.15) is 0 Å². The monoisotopic (exact) mass is 575 g/mol. The zero-order valence-electron chi connectivity index (χ0n) is 22.8. The van der Waals surface area contributed by atoms with E-state index in [1.807, 2.05) is 42.5 Å². The molecule has 10 heteroatoms. The summed E-state index contributed by atoms with van der Waals surface area (Å²) in [5, 5.41) is 11.1. The van der Waals surface area contributed by atoms with Crippen molar-refractivity contribution in [2.75, 3.05) is 36.1 Å². The summed E-state index contributed by atoms with van der Waals surface area (Å²) in [5.41, 5.74) is 4.07. The first-order valence-electron chi connectivity index (χ1n) is 13.8. The second kappa shape index (κ2) is 12.9. The van der Waals surface area contributed by atoms with E-state index in [-0.39, 0.29) is 5.91 Å². The van der Waals surface area contributed by atoms with Crippen molar-refractivity contribution in [3.05, 3.63) is 78.6 Å². The lowest BCUT2D eigenvalue weighted by Crippen LogP contribution is -2.30. The molecule has 42 heavy (non-hydrogen) atoms. The van der Waals surface area contributed by atoms with Gasteiger partial charge in [0.2, 0.25) is 0 Å². The van der Waals surface area contributed by atoms with Gasteiger partial charge in [-0.25, -0.2) is 9.97 Å². The minimum Gasteiger partial charge on any atom is -0.493 e. The summed E-state index contributed by atoms with van der Waals surface area (Å²) in [4.78, 5) is 31.1. The molecule has 210 valence electrons. The van der Waals surface area contributed by atoms with Crippen molar-refractivity contribution < 1.29 is 9.53 Å². The highest BCUT2D eigenvalue weighted by Crippen LogP contribution is 2.30. The lowest BCUT2D eigenvalue weighted by atomic mass is 9.99. The smallest absolute Gasteiger partial charge is 0.255 e. The zero-order valence-corrected chi connectivity index (χ0v) is 23.7. The highest BCUT2D eigenvalue weighted by molar-refractivity contribution is 7.99. The van der Waals surface area contributed by atoms with Crippen LogP contribution in [0.25, 0.3) is 21.9 Å².